The zero-order chi connectivity index (χ0) is 12.0. The van der Waals surface area contributed by atoms with Gasteiger partial charge in [-0.2, -0.15) is 0 Å². The number of pyridine rings is 1. The van der Waals surface area contributed by atoms with Crippen LogP contribution in [0.1, 0.15) is 5.69 Å². The Hall–Kier alpha value is -1.16. The van der Waals surface area contributed by atoms with Gasteiger partial charge < -0.3 is 0 Å². The van der Waals surface area contributed by atoms with Crippen molar-refractivity contribution in [2.75, 3.05) is 0 Å². The lowest BCUT2D eigenvalue weighted by Gasteiger charge is -2.05. The van der Waals surface area contributed by atoms with Crippen molar-refractivity contribution in [3.8, 4) is 0 Å². The van der Waals surface area contributed by atoms with Gasteiger partial charge in [0.05, 0.1) is 0 Å². The molecule has 84 valence electrons. The molecular formula is C15H13IN+. The van der Waals surface area contributed by atoms with E-state index in [1.54, 1.807) is 0 Å². The second-order valence-corrected chi connectivity index (χ2v) is 5.65. The third-order valence-electron chi connectivity index (χ3n) is 3.41. The molecule has 3 aromatic rings. The van der Waals surface area contributed by atoms with Gasteiger partial charge in [-0.25, -0.2) is 4.57 Å². The molecule has 2 heteroatoms. The largest absolute Gasteiger partial charge is 0.205 e. The molecule has 0 unspecified atom stereocenters. The Morgan fingerprint density at radius 3 is 2.53 bits per heavy atom. The molecule has 3 rings (SSSR count). The van der Waals surface area contributed by atoms with Crippen molar-refractivity contribution < 1.29 is 4.57 Å². The Labute approximate surface area is 114 Å². The van der Waals surface area contributed by atoms with Gasteiger partial charge in [0.2, 0.25) is 0 Å². The maximum absolute atomic E-state index is 2.37. The van der Waals surface area contributed by atoms with E-state index < -0.39 is 0 Å². The third-order valence-corrected chi connectivity index (χ3v) is 4.08. The van der Waals surface area contributed by atoms with Crippen molar-refractivity contribution in [3.63, 3.8) is 0 Å². The maximum Gasteiger partial charge on any atom is 0.185 e. The van der Waals surface area contributed by atoms with Gasteiger partial charge in [-0.15, -0.1) is 0 Å². The van der Waals surface area contributed by atoms with Gasteiger partial charge in [-0.05, 0) is 51.6 Å². The molecule has 1 nitrogen and oxygen atoms in total. The van der Waals surface area contributed by atoms with Crippen molar-refractivity contribution in [3.05, 3.63) is 51.9 Å². The predicted octanol–water partition coefficient (Wildman–Crippen LogP) is 3.73. The van der Waals surface area contributed by atoms with Crippen LogP contribution in [-0.4, -0.2) is 0 Å². The molecule has 0 bridgehead atoms. The van der Waals surface area contributed by atoms with Gasteiger partial charge in [-0.3, -0.25) is 0 Å². The van der Waals surface area contributed by atoms with Gasteiger partial charge in [0, 0.05) is 27.3 Å². The van der Waals surface area contributed by atoms with Crippen LogP contribution in [0.3, 0.4) is 0 Å². The summed E-state index contributed by atoms with van der Waals surface area (Å²) < 4.78 is 3.45. The second kappa shape index (κ2) is 3.95. The van der Waals surface area contributed by atoms with Crippen molar-refractivity contribution in [2.45, 2.75) is 6.92 Å². The molecule has 0 atom stereocenters. The first-order valence-corrected chi connectivity index (χ1v) is 6.72. The van der Waals surface area contributed by atoms with Gasteiger partial charge in [0.1, 0.15) is 7.05 Å². The van der Waals surface area contributed by atoms with Gasteiger partial charge in [0.15, 0.2) is 11.9 Å². The van der Waals surface area contributed by atoms with Crippen LogP contribution < -0.4 is 4.57 Å². The zero-order valence-corrected chi connectivity index (χ0v) is 12.0. The van der Waals surface area contributed by atoms with Crippen LogP contribution in [0.25, 0.3) is 21.5 Å². The molecule has 0 saturated heterocycles. The van der Waals surface area contributed by atoms with E-state index in [9.17, 15) is 0 Å². The van der Waals surface area contributed by atoms with E-state index in [-0.39, 0.29) is 0 Å². The summed E-state index contributed by atoms with van der Waals surface area (Å²) in [6.45, 7) is 2.17. The van der Waals surface area contributed by atoms with E-state index in [0.29, 0.717) is 0 Å². The minimum atomic E-state index is 1.29. The highest BCUT2D eigenvalue weighted by molar-refractivity contribution is 14.1. The summed E-state index contributed by atoms with van der Waals surface area (Å²) in [5.41, 5.74) is 1.31. The molecule has 0 saturated carbocycles. The fourth-order valence-electron chi connectivity index (χ4n) is 2.30. The first kappa shape index (κ1) is 11.0. The van der Waals surface area contributed by atoms with Gasteiger partial charge in [0.25, 0.3) is 0 Å². The van der Waals surface area contributed by atoms with E-state index in [2.05, 4.69) is 83.7 Å². The molecule has 0 radical (unpaired) electrons. The van der Waals surface area contributed by atoms with Crippen molar-refractivity contribution in [2.24, 2.45) is 7.05 Å². The summed E-state index contributed by atoms with van der Waals surface area (Å²) in [6.07, 6.45) is 2.14. The first-order valence-electron chi connectivity index (χ1n) is 5.64. The standard InChI is InChI=1S/C15H13IN/c1-10-13-6-4-11-3-5-12(16)9-15(11)14(13)7-8-17(10)2/h3-9H,1-2H3/q+1. The number of halogens is 1. The summed E-state index contributed by atoms with van der Waals surface area (Å²) in [5, 5.41) is 5.34. The number of benzene rings is 2. The van der Waals surface area contributed by atoms with E-state index >= 15 is 0 Å². The Morgan fingerprint density at radius 1 is 0.941 bits per heavy atom. The fraction of sp³-hybridized carbons (Fsp3) is 0.133. The maximum atomic E-state index is 2.37. The lowest BCUT2D eigenvalue weighted by molar-refractivity contribution is -0.676. The fourth-order valence-corrected chi connectivity index (χ4v) is 2.79. The molecule has 1 aromatic heterocycles. The first-order chi connectivity index (χ1) is 8.16. The summed E-state index contributed by atoms with van der Waals surface area (Å²) >= 11 is 2.37. The van der Waals surface area contributed by atoms with E-state index in [1.165, 1.54) is 30.8 Å². The Bertz CT molecular complexity index is 732. The minimum Gasteiger partial charge on any atom is -0.205 e. The molecule has 0 aliphatic heterocycles. The predicted molar refractivity (Wildman–Crippen MR) is 80.1 cm³/mol. The normalized spacial score (nSPS) is 11.2. The molecule has 0 aliphatic rings. The van der Waals surface area contributed by atoms with E-state index in [4.69, 9.17) is 0 Å². The summed E-state index contributed by atoms with van der Waals surface area (Å²) in [7, 11) is 2.09. The highest BCUT2D eigenvalue weighted by Crippen LogP contribution is 2.27. The Kier molecular flexibility index (Phi) is 2.54. The zero-order valence-electron chi connectivity index (χ0n) is 9.87. The van der Waals surface area contributed by atoms with Crippen LogP contribution in [0.2, 0.25) is 0 Å². The molecule has 0 fully saturated rings. The number of aromatic nitrogens is 1. The summed E-state index contributed by atoms with van der Waals surface area (Å²) in [4.78, 5) is 0. The number of aryl methyl sites for hydroxylation is 2. The molecular weight excluding hydrogens is 321 g/mol. The Morgan fingerprint density at radius 2 is 1.71 bits per heavy atom. The molecule has 17 heavy (non-hydrogen) atoms. The lowest BCUT2D eigenvalue weighted by Crippen LogP contribution is -2.31. The lowest BCUT2D eigenvalue weighted by atomic mass is 10.0. The average molecular weight is 334 g/mol. The third kappa shape index (κ3) is 1.71. The smallest absolute Gasteiger partial charge is 0.185 e. The van der Waals surface area contributed by atoms with Crippen molar-refractivity contribution in [1.29, 1.82) is 0 Å². The quantitative estimate of drug-likeness (QED) is 0.335. The molecule has 0 amide bonds. The molecule has 0 aliphatic carbocycles. The number of hydrogen-bond acceptors (Lipinski definition) is 0. The van der Waals surface area contributed by atoms with Crippen molar-refractivity contribution in [1.82, 2.24) is 0 Å². The molecule has 1 heterocycles. The van der Waals surface area contributed by atoms with Crippen LogP contribution in [-0.2, 0) is 7.05 Å². The summed E-state index contributed by atoms with van der Waals surface area (Å²) in [6, 6.07) is 13.3. The van der Waals surface area contributed by atoms with Crippen LogP contribution in [0, 0.1) is 10.5 Å². The number of hydrogen-bond donors (Lipinski definition) is 0. The number of nitrogens with zero attached hydrogens (tertiary/aromatic N) is 1. The van der Waals surface area contributed by atoms with Crippen LogP contribution in [0.5, 0.6) is 0 Å². The van der Waals surface area contributed by atoms with Gasteiger partial charge >= 0.3 is 0 Å². The van der Waals surface area contributed by atoms with Crippen LogP contribution in [0.15, 0.2) is 42.6 Å². The molecule has 0 spiro atoms. The van der Waals surface area contributed by atoms with Crippen LogP contribution in [0.4, 0.5) is 0 Å². The average Bonchev–Trinajstić information content (AvgIpc) is 2.33. The van der Waals surface area contributed by atoms with Crippen LogP contribution >= 0.6 is 22.6 Å². The highest BCUT2D eigenvalue weighted by atomic mass is 127. The van der Waals surface area contributed by atoms with E-state index in [1.807, 2.05) is 0 Å². The van der Waals surface area contributed by atoms with E-state index in [0.717, 1.165) is 0 Å². The topological polar surface area (TPSA) is 3.88 Å². The molecule has 0 N–H and O–H groups in total. The number of rotatable bonds is 0. The Balaban J connectivity index is 2.56. The summed E-state index contributed by atoms with van der Waals surface area (Å²) in [5.74, 6) is 0. The monoisotopic (exact) mass is 334 g/mol. The minimum absolute atomic E-state index is 1.29. The molecule has 2 aromatic carbocycles. The highest BCUT2D eigenvalue weighted by Gasteiger charge is 2.09. The van der Waals surface area contributed by atoms with Crippen molar-refractivity contribution >= 4 is 44.1 Å². The SMILES string of the molecule is Cc1c2ccc3ccc(I)cc3c2cc[n+]1C. The van der Waals surface area contributed by atoms with Gasteiger partial charge in [-0.1, -0.05) is 12.1 Å². The number of fused-ring (bicyclic) bond motifs is 3. The second-order valence-electron chi connectivity index (χ2n) is 4.40.